The highest BCUT2D eigenvalue weighted by Gasteiger charge is 2.28. The summed E-state index contributed by atoms with van der Waals surface area (Å²) in [5.74, 6) is -1.93. The first-order chi connectivity index (χ1) is 9.73. The molecule has 0 atom stereocenters. The molecule has 1 aromatic rings. The van der Waals surface area contributed by atoms with Crippen molar-refractivity contribution in [2.45, 2.75) is 13.8 Å². The predicted octanol–water partition coefficient (Wildman–Crippen LogP) is 1.24. The second-order valence-corrected chi connectivity index (χ2v) is 4.98. The van der Waals surface area contributed by atoms with Gasteiger partial charge in [0.2, 0.25) is 5.91 Å². The maximum Gasteiger partial charge on any atom is 0.342 e. The lowest BCUT2D eigenvalue weighted by atomic mass is 10.1. The number of hydrogen-bond acceptors (Lipinski definition) is 5. The number of primary amides is 1. The summed E-state index contributed by atoms with van der Waals surface area (Å²) in [7, 11) is 0. The Morgan fingerprint density at radius 3 is 2.48 bits per heavy atom. The van der Waals surface area contributed by atoms with Crippen LogP contribution in [0.1, 0.15) is 24.2 Å². The third kappa shape index (κ3) is 4.16. The molecule has 0 aromatic heterocycles. The monoisotopic (exact) mass is 295 g/mol. The highest BCUT2D eigenvalue weighted by molar-refractivity contribution is 5.96. The predicted molar refractivity (Wildman–Crippen MR) is 76.3 cm³/mol. The second kappa shape index (κ2) is 6.69. The number of rotatable bonds is 7. The van der Waals surface area contributed by atoms with Crippen LogP contribution in [0.15, 0.2) is 18.2 Å². The van der Waals surface area contributed by atoms with Crippen LogP contribution >= 0.6 is 0 Å². The molecule has 0 aliphatic heterocycles. The minimum absolute atomic E-state index is 0.0763. The van der Waals surface area contributed by atoms with E-state index in [0.29, 0.717) is 6.54 Å². The van der Waals surface area contributed by atoms with Crippen molar-refractivity contribution in [2.24, 2.45) is 11.7 Å². The lowest BCUT2D eigenvalue weighted by Gasteiger charge is -2.25. The van der Waals surface area contributed by atoms with Gasteiger partial charge >= 0.3 is 11.7 Å². The molecule has 8 heteroatoms. The molecule has 0 aliphatic rings. The van der Waals surface area contributed by atoms with E-state index in [-0.39, 0.29) is 18.2 Å². The zero-order valence-corrected chi connectivity index (χ0v) is 11.8. The van der Waals surface area contributed by atoms with Crippen LogP contribution in [0.5, 0.6) is 0 Å². The van der Waals surface area contributed by atoms with Crippen LogP contribution in [0.3, 0.4) is 0 Å². The number of carbonyl (C=O) groups excluding carboxylic acids is 1. The topological polar surface area (TPSA) is 127 Å². The van der Waals surface area contributed by atoms with Crippen molar-refractivity contribution < 1.29 is 19.6 Å². The number of benzene rings is 1. The van der Waals surface area contributed by atoms with Gasteiger partial charge in [0.25, 0.3) is 0 Å². The van der Waals surface area contributed by atoms with Crippen LogP contribution in [0, 0.1) is 16.0 Å². The fourth-order valence-electron chi connectivity index (χ4n) is 2.03. The van der Waals surface area contributed by atoms with E-state index in [4.69, 9.17) is 10.8 Å². The number of aromatic carboxylic acids is 1. The molecule has 0 radical (unpaired) electrons. The molecule has 0 spiro atoms. The fraction of sp³-hybridized carbons (Fsp3) is 0.385. The van der Waals surface area contributed by atoms with Crippen LogP contribution < -0.4 is 10.6 Å². The van der Waals surface area contributed by atoms with Crippen LogP contribution in [-0.2, 0) is 4.79 Å². The number of nitrogens with two attached hydrogens (primary N) is 1. The molecule has 21 heavy (non-hydrogen) atoms. The summed E-state index contributed by atoms with van der Waals surface area (Å²) in [5.41, 5.74) is 4.28. The first-order valence-corrected chi connectivity index (χ1v) is 6.28. The Labute approximate surface area is 121 Å². The number of nitrogens with zero attached hydrogens (tertiary/aromatic N) is 2. The van der Waals surface area contributed by atoms with Gasteiger partial charge in [0.1, 0.15) is 11.3 Å². The largest absolute Gasteiger partial charge is 0.477 e. The molecule has 0 fully saturated rings. The molecule has 1 aromatic carbocycles. The van der Waals surface area contributed by atoms with E-state index in [2.05, 4.69) is 0 Å². The molecule has 0 aliphatic carbocycles. The molecule has 0 saturated carbocycles. The maximum atomic E-state index is 11.2. The van der Waals surface area contributed by atoms with Crippen molar-refractivity contribution in [1.82, 2.24) is 0 Å². The van der Waals surface area contributed by atoms with Crippen molar-refractivity contribution in [3.8, 4) is 0 Å². The van der Waals surface area contributed by atoms with Gasteiger partial charge in [-0.2, -0.15) is 0 Å². The van der Waals surface area contributed by atoms with Crippen LogP contribution in [0.4, 0.5) is 11.4 Å². The number of nitro groups is 1. The highest BCUT2D eigenvalue weighted by Crippen LogP contribution is 2.32. The Morgan fingerprint density at radius 2 is 2.05 bits per heavy atom. The number of carboxylic acids is 1. The highest BCUT2D eigenvalue weighted by atomic mass is 16.6. The average Bonchev–Trinajstić information content (AvgIpc) is 2.35. The Morgan fingerprint density at radius 1 is 1.43 bits per heavy atom. The number of nitro benzene ring substituents is 1. The van der Waals surface area contributed by atoms with Gasteiger partial charge < -0.3 is 15.7 Å². The number of para-hydroxylation sites is 1. The van der Waals surface area contributed by atoms with Gasteiger partial charge in [-0.3, -0.25) is 14.9 Å². The molecule has 3 N–H and O–H groups in total. The summed E-state index contributed by atoms with van der Waals surface area (Å²) < 4.78 is 0. The van der Waals surface area contributed by atoms with Gasteiger partial charge in [-0.1, -0.05) is 19.9 Å². The van der Waals surface area contributed by atoms with Gasteiger partial charge in [0.05, 0.1) is 11.5 Å². The van der Waals surface area contributed by atoms with Gasteiger partial charge in [0, 0.05) is 6.54 Å². The van der Waals surface area contributed by atoms with E-state index < -0.39 is 28.1 Å². The van der Waals surface area contributed by atoms with Crippen molar-refractivity contribution in [3.05, 3.63) is 33.9 Å². The van der Waals surface area contributed by atoms with Crippen molar-refractivity contribution in [3.63, 3.8) is 0 Å². The second-order valence-electron chi connectivity index (χ2n) is 4.98. The minimum atomic E-state index is -1.40. The van der Waals surface area contributed by atoms with Gasteiger partial charge in [-0.15, -0.1) is 0 Å². The van der Waals surface area contributed by atoms with E-state index in [1.54, 1.807) is 0 Å². The molecule has 114 valence electrons. The first kappa shape index (κ1) is 16.4. The normalized spacial score (nSPS) is 10.4. The fourth-order valence-corrected chi connectivity index (χ4v) is 2.03. The van der Waals surface area contributed by atoms with E-state index in [0.717, 1.165) is 6.07 Å². The molecular formula is C13H17N3O5. The first-order valence-electron chi connectivity index (χ1n) is 6.28. The quantitative estimate of drug-likeness (QED) is 0.575. The summed E-state index contributed by atoms with van der Waals surface area (Å²) in [5, 5.41) is 20.3. The zero-order valence-electron chi connectivity index (χ0n) is 11.8. The van der Waals surface area contributed by atoms with Gasteiger partial charge in [-0.25, -0.2) is 4.79 Å². The average molecular weight is 295 g/mol. The lowest BCUT2D eigenvalue weighted by molar-refractivity contribution is -0.384. The Balaban J connectivity index is 3.42. The minimum Gasteiger partial charge on any atom is -0.477 e. The molecule has 0 unspecified atom stereocenters. The van der Waals surface area contributed by atoms with E-state index >= 15 is 0 Å². The van der Waals surface area contributed by atoms with Crippen molar-refractivity contribution in [2.75, 3.05) is 18.0 Å². The molecule has 0 bridgehead atoms. The standard InChI is InChI=1S/C13H17N3O5/c1-8(2)6-15(7-11(14)17)10-5-3-4-9(13(18)19)12(10)16(20)21/h3-5,8H,6-7H2,1-2H3,(H2,14,17)(H,18,19). The summed E-state index contributed by atoms with van der Waals surface area (Å²) in [4.78, 5) is 34.2. The molecule has 1 amide bonds. The van der Waals surface area contributed by atoms with Crippen LogP contribution in [-0.4, -0.2) is 35.0 Å². The van der Waals surface area contributed by atoms with E-state index in [1.165, 1.54) is 17.0 Å². The summed E-state index contributed by atoms with van der Waals surface area (Å²) in [6, 6.07) is 3.97. The number of amides is 1. The number of hydrogen-bond donors (Lipinski definition) is 2. The smallest absolute Gasteiger partial charge is 0.342 e. The number of anilines is 1. The Hall–Kier alpha value is -2.64. The molecular weight excluding hydrogens is 278 g/mol. The summed E-state index contributed by atoms with van der Waals surface area (Å²) in [6.45, 7) is 3.87. The number of carbonyl (C=O) groups is 2. The van der Waals surface area contributed by atoms with Gasteiger partial charge in [0.15, 0.2) is 0 Å². The summed E-state index contributed by atoms with van der Waals surface area (Å²) >= 11 is 0. The van der Waals surface area contributed by atoms with Crippen LogP contribution in [0.25, 0.3) is 0 Å². The third-order valence-electron chi connectivity index (χ3n) is 2.70. The van der Waals surface area contributed by atoms with E-state index in [1.807, 2.05) is 13.8 Å². The van der Waals surface area contributed by atoms with Gasteiger partial charge in [-0.05, 0) is 18.1 Å². The Bertz CT molecular complexity index is 571. The maximum absolute atomic E-state index is 11.2. The third-order valence-corrected chi connectivity index (χ3v) is 2.70. The Kier molecular flexibility index (Phi) is 5.23. The SMILES string of the molecule is CC(C)CN(CC(N)=O)c1cccc(C(=O)O)c1[N+](=O)[O-]. The molecule has 8 nitrogen and oxygen atoms in total. The number of carboxylic acid groups (broad SMARTS) is 1. The molecule has 0 heterocycles. The molecule has 0 saturated heterocycles. The van der Waals surface area contributed by atoms with Crippen molar-refractivity contribution >= 4 is 23.3 Å². The van der Waals surface area contributed by atoms with Crippen molar-refractivity contribution in [1.29, 1.82) is 0 Å². The molecule has 1 rings (SSSR count). The lowest BCUT2D eigenvalue weighted by Crippen LogP contribution is -2.36. The summed E-state index contributed by atoms with van der Waals surface area (Å²) in [6.07, 6.45) is 0. The zero-order chi connectivity index (χ0) is 16.2. The van der Waals surface area contributed by atoms with E-state index in [9.17, 15) is 19.7 Å². The van der Waals surface area contributed by atoms with Crippen LogP contribution in [0.2, 0.25) is 0 Å².